The summed E-state index contributed by atoms with van der Waals surface area (Å²) in [4.78, 5) is 24.0. The van der Waals surface area contributed by atoms with Gasteiger partial charge < -0.3 is 15.7 Å². The highest BCUT2D eigenvalue weighted by Crippen LogP contribution is 2.16. The van der Waals surface area contributed by atoms with Gasteiger partial charge in [-0.3, -0.25) is 9.59 Å². The molecule has 0 saturated carbocycles. The van der Waals surface area contributed by atoms with Crippen molar-refractivity contribution in [3.63, 3.8) is 0 Å². The predicted molar refractivity (Wildman–Crippen MR) is 97.4 cm³/mol. The van der Waals surface area contributed by atoms with Gasteiger partial charge >= 0.3 is 0 Å². The molecule has 2 rings (SSSR count). The van der Waals surface area contributed by atoms with E-state index in [1.807, 2.05) is 51.1 Å². The first-order chi connectivity index (χ1) is 11.9. The Labute approximate surface area is 148 Å². The second-order valence-electron chi connectivity index (χ2n) is 6.24. The highest BCUT2D eigenvalue weighted by molar-refractivity contribution is 5.96. The number of carbonyl (C=O) groups excluding carboxylic acids is 2. The third kappa shape index (κ3) is 5.43. The molecule has 2 aromatic carbocycles. The number of amides is 2. The molecule has 0 fully saturated rings. The number of aryl methyl sites for hydroxylation is 3. The van der Waals surface area contributed by atoms with Crippen LogP contribution < -0.4 is 10.6 Å². The van der Waals surface area contributed by atoms with Crippen LogP contribution in [0.2, 0.25) is 0 Å². The summed E-state index contributed by atoms with van der Waals surface area (Å²) in [5.41, 5.74) is 4.27. The molecule has 0 aliphatic carbocycles. The van der Waals surface area contributed by atoms with E-state index in [4.69, 9.17) is 0 Å². The summed E-state index contributed by atoms with van der Waals surface area (Å²) in [6, 6.07) is 13.0. The first-order valence-corrected chi connectivity index (χ1v) is 8.23. The Kier molecular flexibility index (Phi) is 6.31. The van der Waals surface area contributed by atoms with Crippen LogP contribution in [0.1, 0.15) is 38.7 Å². The van der Waals surface area contributed by atoms with Gasteiger partial charge in [-0.05, 0) is 44.0 Å². The number of aliphatic hydroxyl groups excluding tert-OH is 1. The van der Waals surface area contributed by atoms with Crippen molar-refractivity contribution in [3.05, 3.63) is 70.3 Å². The number of nitrogens with one attached hydrogen (secondary N) is 2. The van der Waals surface area contributed by atoms with Gasteiger partial charge in [0.25, 0.3) is 5.91 Å². The lowest BCUT2D eigenvalue weighted by molar-refractivity contribution is -0.120. The van der Waals surface area contributed by atoms with Crippen molar-refractivity contribution in [1.29, 1.82) is 0 Å². The zero-order valence-corrected chi connectivity index (χ0v) is 14.8. The minimum absolute atomic E-state index is 0.100. The maximum absolute atomic E-state index is 12.1. The van der Waals surface area contributed by atoms with E-state index < -0.39 is 6.10 Å². The van der Waals surface area contributed by atoms with Crippen molar-refractivity contribution >= 4 is 11.8 Å². The first kappa shape index (κ1) is 18.7. The maximum atomic E-state index is 12.1. The molecule has 0 aromatic heterocycles. The molecule has 0 spiro atoms. The Morgan fingerprint density at radius 1 is 1.00 bits per heavy atom. The van der Waals surface area contributed by atoms with E-state index in [2.05, 4.69) is 10.6 Å². The molecule has 5 nitrogen and oxygen atoms in total. The number of rotatable bonds is 6. The van der Waals surface area contributed by atoms with Crippen LogP contribution in [0, 0.1) is 20.8 Å². The van der Waals surface area contributed by atoms with Crippen LogP contribution in [0.4, 0.5) is 0 Å². The molecular weight excluding hydrogens is 316 g/mol. The molecule has 0 saturated heterocycles. The van der Waals surface area contributed by atoms with Gasteiger partial charge in [-0.2, -0.15) is 0 Å². The molecule has 2 aromatic rings. The van der Waals surface area contributed by atoms with Gasteiger partial charge in [-0.1, -0.05) is 41.5 Å². The minimum Gasteiger partial charge on any atom is -0.387 e. The third-order valence-corrected chi connectivity index (χ3v) is 3.93. The Morgan fingerprint density at radius 2 is 1.64 bits per heavy atom. The van der Waals surface area contributed by atoms with Crippen LogP contribution in [0.25, 0.3) is 0 Å². The molecule has 0 bridgehead atoms. The van der Waals surface area contributed by atoms with Crippen LogP contribution in [-0.4, -0.2) is 30.0 Å². The highest BCUT2D eigenvalue weighted by Gasteiger charge is 2.13. The van der Waals surface area contributed by atoms with Gasteiger partial charge in [0.05, 0.1) is 12.6 Å². The van der Waals surface area contributed by atoms with Crippen molar-refractivity contribution in [1.82, 2.24) is 10.6 Å². The van der Waals surface area contributed by atoms with Crippen molar-refractivity contribution in [2.24, 2.45) is 0 Å². The summed E-state index contributed by atoms with van der Waals surface area (Å²) in [7, 11) is 0. The zero-order valence-electron chi connectivity index (χ0n) is 14.8. The number of benzene rings is 2. The lowest BCUT2D eigenvalue weighted by Crippen LogP contribution is -2.38. The van der Waals surface area contributed by atoms with Crippen LogP contribution in [-0.2, 0) is 4.79 Å². The van der Waals surface area contributed by atoms with Gasteiger partial charge in [-0.15, -0.1) is 0 Å². The smallest absolute Gasteiger partial charge is 0.251 e. The maximum Gasteiger partial charge on any atom is 0.251 e. The van der Waals surface area contributed by atoms with E-state index in [0.717, 1.165) is 22.3 Å². The molecule has 0 radical (unpaired) electrons. The van der Waals surface area contributed by atoms with Crippen molar-refractivity contribution < 1.29 is 14.7 Å². The van der Waals surface area contributed by atoms with E-state index in [0.29, 0.717) is 5.56 Å². The summed E-state index contributed by atoms with van der Waals surface area (Å²) in [5.74, 6) is -0.633. The molecule has 0 heterocycles. The number of hydrogen-bond donors (Lipinski definition) is 3. The molecule has 5 heteroatoms. The van der Waals surface area contributed by atoms with Gasteiger partial charge in [-0.25, -0.2) is 0 Å². The minimum atomic E-state index is -0.778. The second kappa shape index (κ2) is 8.44. The fourth-order valence-corrected chi connectivity index (χ4v) is 2.71. The van der Waals surface area contributed by atoms with Crippen LogP contribution in [0.5, 0.6) is 0 Å². The molecular formula is C20H24N2O3. The highest BCUT2D eigenvalue weighted by atomic mass is 16.3. The van der Waals surface area contributed by atoms with Gasteiger partial charge in [0.15, 0.2) is 0 Å². The number of aliphatic hydroxyl groups is 1. The summed E-state index contributed by atoms with van der Waals surface area (Å²) < 4.78 is 0. The topological polar surface area (TPSA) is 78.4 Å². The largest absolute Gasteiger partial charge is 0.387 e. The van der Waals surface area contributed by atoms with E-state index in [9.17, 15) is 14.7 Å². The van der Waals surface area contributed by atoms with Crippen LogP contribution in [0.15, 0.2) is 42.5 Å². The normalized spacial score (nSPS) is 11.7. The predicted octanol–water partition coefficient (Wildman–Crippen LogP) is 2.19. The van der Waals surface area contributed by atoms with E-state index in [1.54, 1.807) is 12.1 Å². The lowest BCUT2D eigenvalue weighted by Gasteiger charge is -2.14. The monoisotopic (exact) mass is 340 g/mol. The standard InChI is InChI=1S/C20H24N2O3/c1-13-8-14(2)10-16(9-13)20(25)22-12-19(24)21-11-18(23)17-7-5-4-6-15(17)3/h4-10,18,23H,11-12H2,1-3H3,(H,21,24)(H,22,25). The molecule has 1 unspecified atom stereocenters. The van der Waals surface area contributed by atoms with E-state index in [1.165, 1.54) is 0 Å². The Morgan fingerprint density at radius 3 is 2.28 bits per heavy atom. The molecule has 25 heavy (non-hydrogen) atoms. The van der Waals surface area contributed by atoms with Gasteiger partial charge in [0, 0.05) is 12.1 Å². The molecule has 0 aliphatic heterocycles. The van der Waals surface area contributed by atoms with Crippen molar-refractivity contribution in [2.75, 3.05) is 13.1 Å². The SMILES string of the molecule is Cc1cc(C)cc(C(=O)NCC(=O)NCC(O)c2ccccc2C)c1. The average Bonchev–Trinajstić information content (AvgIpc) is 2.57. The average molecular weight is 340 g/mol. The fraction of sp³-hybridized carbons (Fsp3) is 0.300. The van der Waals surface area contributed by atoms with Gasteiger partial charge in [0.1, 0.15) is 0 Å². The van der Waals surface area contributed by atoms with E-state index >= 15 is 0 Å². The van der Waals surface area contributed by atoms with Crippen molar-refractivity contribution in [3.8, 4) is 0 Å². The quantitative estimate of drug-likeness (QED) is 0.754. The summed E-state index contributed by atoms with van der Waals surface area (Å²) in [6.07, 6.45) is -0.778. The Hall–Kier alpha value is -2.66. The van der Waals surface area contributed by atoms with Crippen LogP contribution in [0.3, 0.4) is 0 Å². The molecule has 3 N–H and O–H groups in total. The molecule has 132 valence electrons. The van der Waals surface area contributed by atoms with E-state index in [-0.39, 0.29) is 24.9 Å². The molecule has 1 atom stereocenters. The molecule has 0 aliphatic rings. The number of hydrogen-bond acceptors (Lipinski definition) is 3. The first-order valence-electron chi connectivity index (χ1n) is 8.23. The zero-order chi connectivity index (χ0) is 18.4. The lowest BCUT2D eigenvalue weighted by atomic mass is 10.0. The van der Waals surface area contributed by atoms with Crippen molar-refractivity contribution in [2.45, 2.75) is 26.9 Å². The van der Waals surface area contributed by atoms with Crippen LogP contribution >= 0.6 is 0 Å². The number of carbonyl (C=O) groups is 2. The van der Waals surface area contributed by atoms with Gasteiger partial charge in [0.2, 0.25) is 5.91 Å². The fourth-order valence-electron chi connectivity index (χ4n) is 2.71. The summed E-state index contributed by atoms with van der Waals surface area (Å²) in [5, 5.41) is 15.4. The molecule has 2 amide bonds. The second-order valence-corrected chi connectivity index (χ2v) is 6.24. The summed E-state index contributed by atoms with van der Waals surface area (Å²) in [6.45, 7) is 5.72. The summed E-state index contributed by atoms with van der Waals surface area (Å²) >= 11 is 0. The Bertz CT molecular complexity index is 751. The Balaban J connectivity index is 1.82. The third-order valence-electron chi connectivity index (χ3n) is 3.93.